The zero-order chi connectivity index (χ0) is 11.5. The highest BCUT2D eigenvalue weighted by atomic mass is 15.0. The van der Waals surface area contributed by atoms with Gasteiger partial charge in [-0.15, -0.1) is 6.58 Å². The Morgan fingerprint density at radius 1 is 1.56 bits per heavy atom. The summed E-state index contributed by atoms with van der Waals surface area (Å²) in [4.78, 5) is 4.71. The Hall–Kier alpha value is -1.31. The quantitative estimate of drug-likeness (QED) is 0.782. The summed E-state index contributed by atoms with van der Waals surface area (Å²) >= 11 is 0. The highest BCUT2D eigenvalue weighted by Crippen LogP contribution is 2.25. The van der Waals surface area contributed by atoms with E-state index in [1.165, 1.54) is 23.3 Å². The number of pyridine rings is 1. The van der Waals surface area contributed by atoms with E-state index in [1.807, 2.05) is 0 Å². The van der Waals surface area contributed by atoms with Crippen LogP contribution in [-0.2, 0) is 6.42 Å². The van der Waals surface area contributed by atoms with Crippen molar-refractivity contribution in [3.05, 3.63) is 35.5 Å². The maximum absolute atomic E-state index is 4.71. The summed E-state index contributed by atoms with van der Waals surface area (Å²) in [6.45, 7) is 9.31. The second-order valence-corrected chi connectivity index (χ2v) is 4.84. The number of aryl methyl sites for hydroxylation is 1. The van der Waals surface area contributed by atoms with Crippen LogP contribution in [0.3, 0.4) is 0 Å². The fourth-order valence-corrected chi connectivity index (χ4v) is 2.25. The molecular weight excluding hydrogens is 196 g/mol. The number of hydrogen-bond acceptors (Lipinski definition) is 2. The van der Waals surface area contributed by atoms with Gasteiger partial charge in [0.2, 0.25) is 0 Å². The van der Waals surface area contributed by atoms with Crippen LogP contribution < -0.4 is 5.32 Å². The number of aromatic nitrogens is 1. The Bertz CT molecular complexity index is 396. The van der Waals surface area contributed by atoms with Gasteiger partial charge in [0.15, 0.2) is 0 Å². The van der Waals surface area contributed by atoms with E-state index in [9.17, 15) is 0 Å². The molecule has 1 aliphatic heterocycles. The Morgan fingerprint density at radius 3 is 3.12 bits per heavy atom. The van der Waals surface area contributed by atoms with Crippen molar-refractivity contribution in [3.8, 4) is 0 Å². The summed E-state index contributed by atoms with van der Waals surface area (Å²) in [5.41, 5.74) is 3.76. The van der Waals surface area contributed by atoms with Gasteiger partial charge in [0.25, 0.3) is 0 Å². The van der Waals surface area contributed by atoms with Crippen LogP contribution in [0.1, 0.15) is 43.9 Å². The van der Waals surface area contributed by atoms with Crippen molar-refractivity contribution in [2.45, 2.75) is 39.0 Å². The minimum absolute atomic E-state index is 0.464. The maximum atomic E-state index is 4.71. The molecule has 2 heteroatoms. The van der Waals surface area contributed by atoms with Gasteiger partial charge in [-0.25, -0.2) is 4.98 Å². The number of nitrogens with one attached hydrogen (secondary N) is 1. The van der Waals surface area contributed by atoms with Gasteiger partial charge in [-0.05, 0) is 37.8 Å². The molecule has 0 aliphatic carbocycles. The molecule has 2 rings (SSSR count). The molecule has 1 unspecified atom stereocenters. The fraction of sp³-hybridized carbons (Fsp3) is 0.500. The lowest BCUT2D eigenvalue weighted by Crippen LogP contribution is -2.14. The van der Waals surface area contributed by atoms with Crippen molar-refractivity contribution in [2.75, 3.05) is 11.9 Å². The molecule has 1 atom stereocenters. The zero-order valence-electron chi connectivity index (χ0n) is 10.2. The number of anilines is 1. The van der Waals surface area contributed by atoms with E-state index < -0.39 is 0 Å². The van der Waals surface area contributed by atoms with Crippen LogP contribution in [0.4, 0.5) is 5.82 Å². The number of hydrogen-bond donors (Lipinski definition) is 1. The first-order chi connectivity index (χ1) is 7.66. The maximum Gasteiger partial charge on any atom is 0.129 e. The van der Waals surface area contributed by atoms with Crippen LogP contribution in [0.5, 0.6) is 0 Å². The third kappa shape index (κ3) is 2.43. The first-order valence-electron chi connectivity index (χ1n) is 6.05. The smallest absolute Gasteiger partial charge is 0.129 e. The summed E-state index contributed by atoms with van der Waals surface area (Å²) < 4.78 is 0. The van der Waals surface area contributed by atoms with Crippen LogP contribution in [0, 0.1) is 0 Å². The lowest BCUT2D eigenvalue weighted by Gasteiger charge is -2.19. The van der Waals surface area contributed by atoms with Crippen molar-refractivity contribution < 1.29 is 0 Å². The molecule has 1 aliphatic rings. The predicted octanol–water partition coefficient (Wildman–Crippen LogP) is 3.51. The van der Waals surface area contributed by atoms with E-state index in [1.54, 1.807) is 0 Å². The van der Waals surface area contributed by atoms with Gasteiger partial charge < -0.3 is 5.32 Å². The summed E-state index contributed by atoms with van der Waals surface area (Å²) in [5.74, 6) is 1.56. The second-order valence-electron chi connectivity index (χ2n) is 4.84. The fourth-order valence-electron chi connectivity index (χ4n) is 2.25. The molecule has 86 valence electrons. The summed E-state index contributed by atoms with van der Waals surface area (Å²) in [6.07, 6.45) is 3.39. The largest absolute Gasteiger partial charge is 0.370 e. The third-order valence-corrected chi connectivity index (χ3v) is 3.08. The summed E-state index contributed by atoms with van der Waals surface area (Å²) in [7, 11) is 0. The highest BCUT2D eigenvalue weighted by Gasteiger charge is 2.13. The first-order valence-corrected chi connectivity index (χ1v) is 6.05. The molecule has 1 N–H and O–H groups in total. The van der Waals surface area contributed by atoms with E-state index in [0.29, 0.717) is 5.92 Å². The average Bonchev–Trinajstić information content (AvgIpc) is 2.27. The predicted molar refractivity (Wildman–Crippen MR) is 68.9 cm³/mol. The van der Waals surface area contributed by atoms with Gasteiger partial charge in [-0.3, -0.25) is 0 Å². The van der Waals surface area contributed by atoms with Crippen molar-refractivity contribution in [1.29, 1.82) is 0 Å². The van der Waals surface area contributed by atoms with Crippen LogP contribution >= 0.6 is 0 Å². The van der Waals surface area contributed by atoms with Gasteiger partial charge >= 0.3 is 0 Å². The molecule has 0 saturated carbocycles. The minimum Gasteiger partial charge on any atom is -0.370 e. The number of rotatable bonds is 3. The van der Waals surface area contributed by atoms with Crippen LogP contribution in [0.2, 0.25) is 0 Å². The summed E-state index contributed by atoms with van der Waals surface area (Å²) in [6, 6.07) is 4.39. The van der Waals surface area contributed by atoms with Gasteiger partial charge in [0, 0.05) is 18.2 Å². The van der Waals surface area contributed by atoms with Crippen molar-refractivity contribution in [3.63, 3.8) is 0 Å². The van der Waals surface area contributed by atoms with Crippen molar-refractivity contribution in [1.82, 2.24) is 4.98 Å². The Labute approximate surface area is 97.8 Å². The van der Waals surface area contributed by atoms with E-state index in [4.69, 9.17) is 4.98 Å². The van der Waals surface area contributed by atoms with Crippen LogP contribution in [-0.4, -0.2) is 11.5 Å². The standard InChI is InChI=1S/C14H20N2/c1-10(2)9-11(3)13-7-6-12-5-4-8-15-14(12)16-13/h6-7,11H,1,4-5,8-9H2,2-3H3,(H,15,16). The molecule has 0 aromatic carbocycles. The lowest BCUT2D eigenvalue weighted by atomic mass is 9.97. The minimum atomic E-state index is 0.464. The number of fused-ring (bicyclic) bond motifs is 1. The number of nitrogens with zero attached hydrogens (tertiary/aromatic N) is 1. The Balaban J connectivity index is 2.19. The SMILES string of the molecule is C=C(C)CC(C)c1ccc2c(n1)NCCC2. The third-order valence-electron chi connectivity index (χ3n) is 3.08. The molecule has 0 bridgehead atoms. The van der Waals surface area contributed by atoms with Gasteiger partial charge in [-0.1, -0.05) is 18.6 Å². The average molecular weight is 216 g/mol. The molecule has 2 heterocycles. The van der Waals surface area contributed by atoms with E-state index in [0.717, 1.165) is 25.2 Å². The van der Waals surface area contributed by atoms with Crippen molar-refractivity contribution >= 4 is 5.82 Å². The molecule has 0 saturated heterocycles. The second kappa shape index (κ2) is 4.69. The van der Waals surface area contributed by atoms with Crippen LogP contribution in [0.25, 0.3) is 0 Å². The van der Waals surface area contributed by atoms with Gasteiger partial charge in [-0.2, -0.15) is 0 Å². The topological polar surface area (TPSA) is 24.9 Å². The molecule has 0 fully saturated rings. The Kier molecular flexibility index (Phi) is 3.28. The normalized spacial score (nSPS) is 16.1. The molecule has 0 spiro atoms. The molecule has 2 nitrogen and oxygen atoms in total. The zero-order valence-corrected chi connectivity index (χ0v) is 10.2. The lowest BCUT2D eigenvalue weighted by molar-refractivity contribution is 0.718. The highest BCUT2D eigenvalue weighted by molar-refractivity contribution is 5.47. The van der Waals surface area contributed by atoms with E-state index >= 15 is 0 Å². The molecule has 16 heavy (non-hydrogen) atoms. The number of allylic oxidation sites excluding steroid dienone is 1. The molecule has 1 aromatic rings. The molecule has 1 aromatic heterocycles. The van der Waals surface area contributed by atoms with Gasteiger partial charge in [0.05, 0.1) is 0 Å². The molecule has 0 amide bonds. The van der Waals surface area contributed by atoms with Crippen molar-refractivity contribution in [2.24, 2.45) is 0 Å². The van der Waals surface area contributed by atoms with Crippen LogP contribution in [0.15, 0.2) is 24.3 Å². The Morgan fingerprint density at radius 2 is 2.38 bits per heavy atom. The first kappa shape index (κ1) is 11.2. The summed E-state index contributed by atoms with van der Waals surface area (Å²) in [5, 5.41) is 3.38. The molecule has 0 radical (unpaired) electrons. The monoisotopic (exact) mass is 216 g/mol. The van der Waals surface area contributed by atoms with Gasteiger partial charge in [0.1, 0.15) is 5.82 Å². The van der Waals surface area contributed by atoms with E-state index in [-0.39, 0.29) is 0 Å². The van der Waals surface area contributed by atoms with E-state index in [2.05, 4.69) is 37.9 Å². The molecular formula is C14H20N2.